The standard InChI is InChI=1S/C15H27NO3/c1-3-16-15(14(17)18,12-6-7-12)10-19-13-8-4-11(2)5-9-13/h11-13,16H,3-10H2,1-2H3,(H,17,18). The summed E-state index contributed by atoms with van der Waals surface area (Å²) in [5, 5.41) is 12.8. The first kappa shape index (κ1) is 14.8. The Labute approximate surface area is 115 Å². The van der Waals surface area contributed by atoms with E-state index in [4.69, 9.17) is 4.74 Å². The molecule has 0 spiro atoms. The van der Waals surface area contributed by atoms with Gasteiger partial charge < -0.3 is 9.84 Å². The fourth-order valence-electron chi connectivity index (χ4n) is 3.16. The van der Waals surface area contributed by atoms with Crippen molar-refractivity contribution < 1.29 is 14.6 Å². The second-order valence-corrected chi connectivity index (χ2v) is 6.27. The molecule has 2 aliphatic rings. The Kier molecular flexibility index (Phi) is 4.85. The van der Waals surface area contributed by atoms with Crippen LogP contribution in [0.15, 0.2) is 0 Å². The zero-order valence-electron chi connectivity index (χ0n) is 12.2. The first-order valence-electron chi connectivity index (χ1n) is 7.68. The van der Waals surface area contributed by atoms with Gasteiger partial charge in [0, 0.05) is 0 Å². The van der Waals surface area contributed by atoms with Crippen molar-refractivity contribution in [1.82, 2.24) is 5.32 Å². The molecule has 2 N–H and O–H groups in total. The molecule has 0 aliphatic heterocycles. The van der Waals surface area contributed by atoms with Crippen LogP contribution < -0.4 is 5.32 Å². The lowest BCUT2D eigenvalue weighted by atomic mass is 9.88. The maximum atomic E-state index is 11.7. The molecular formula is C15H27NO3. The number of ether oxygens (including phenoxy) is 1. The summed E-state index contributed by atoms with van der Waals surface area (Å²) in [6.45, 7) is 5.23. The van der Waals surface area contributed by atoms with Crippen molar-refractivity contribution in [3.8, 4) is 0 Å². The van der Waals surface area contributed by atoms with Crippen LogP contribution >= 0.6 is 0 Å². The summed E-state index contributed by atoms with van der Waals surface area (Å²) in [4.78, 5) is 11.7. The van der Waals surface area contributed by atoms with Crippen molar-refractivity contribution in [3.63, 3.8) is 0 Å². The lowest BCUT2D eigenvalue weighted by Crippen LogP contribution is -2.58. The van der Waals surface area contributed by atoms with Crippen LogP contribution in [-0.2, 0) is 9.53 Å². The first-order valence-corrected chi connectivity index (χ1v) is 7.68. The molecule has 0 heterocycles. The number of carbonyl (C=O) groups is 1. The maximum absolute atomic E-state index is 11.7. The van der Waals surface area contributed by atoms with Crippen molar-refractivity contribution in [2.45, 2.75) is 64.0 Å². The van der Waals surface area contributed by atoms with Gasteiger partial charge in [-0.15, -0.1) is 0 Å². The SMILES string of the molecule is CCNC(COC1CCC(C)CC1)(C(=O)O)C1CC1. The molecule has 0 aromatic carbocycles. The number of rotatable bonds is 7. The molecule has 110 valence electrons. The van der Waals surface area contributed by atoms with E-state index in [-0.39, 0.29) is 12.0 Å². The van der Waals surface area contributed by atoms with Crippen LogP contribution in [0.25, 0.3) is 0 Å². The van der Waals surface area contributed by atoms with Crippen molar-refractivity contribution in [2.24, 2.45) is 11.8 Å². The van der Waals surface area contributed by atoms with Gasteiger partial charge in [-0.3, -0.25) is 10.1 Å². The van der Waals surface area contributed by atoms with Gasteiger partial charge >= 0.3 is 5.97 Å². The van der Waals surface area contributed by atoms with E-state index >= 15 is 0 Å². The highest BCUT2D eigenvalue weighted by atomic mass is 16.5. The fraction of sp³-hybridized carbons (Fsp3) is 0.933. The Balaban J connectivity index is 1.91. The van der Waals surface area contributed by atoms with Crippen molar-refractivity contribution >= 4 is 5.97 Å². The second kappa shape index (κ2) is 6.23. The van der Waals surface area contributed by atoms with E-state index in [1.807, 2.05) is 6.92 Å². The summed E-state index contributed by atoms with van der Waals surface area (Å²) >= 11 is 0. The quantitative estimate of drug-likeness (QED) is 0.745. The predicted molar refractivity (Wildman–Crippen MR) is 74.1 cm³/mol. The largest absolute Gasteiger partial charge is 0.480 e. The molecular weight excluding hydrogens is 242 g/mol. The molecule has 0 aromatic rings. The number of likely N-dealkylation sites (N-methyl/N-ethyl adjacent to an activating group) is 1. The van der Waals surface area contributed by atoms with Crippen LogP contribution in [0.3, 0.4) is 0 Å². The predicted octanol–water partition coefficient (Wildman–Crippen LogP) is 2.42. The highest BCUT2D eigenvalue weighted by Crippen LogP contribution is 2.40. The monoisotopic (exact) mass is 269 g/mol. The zero-order chi connectivity index (χ0) is 13.9. The number of nitrogens with one attached hydrogen (secondary N) is 1. The Morgan fingerprint density at radius 3 is 2.37 bits per heavy atom. The van der Waals surface area contributed by atoms with Gasteiger partial charge in [0.1, 0.15) is 5.54 Å². The lowest BCUT2D eigenvalue weighted by molar-refractivity contribution is -0.151. The summed E-state index contributed by atoms with van der Waals surface area (Å²) in [6, 6.07) is 0. The first-order chi connectivity index (χ1) is 9.08. The molecule has 0 radical (unpaired) electrons. The van der Waals surface area contributed by atoms with Crippen LogP contribution in [0, 0.1) is 11.8 Å². The van der Waals surface area contributed by atoms with Gasteiger partial charge in [0.2, 0.25) is 0 Å². The van der Waals surface area contributed by atoms with E-state index < -0.39 is 11.5 Å². The third-order valence-corrected chi connectivity index (χ3v) is 4.66. The molecule has 0 saturated heterocycles. The molecule has 1 unspecified atom stereocenters. The average molecular weight is 269 g/mol. The molecule has 2 rings (SSSR count). The third kappa shape index (κ3) is 3.48. The van der Waals surface area contributed by atoms with Crippen LogP contribution in [0.4, 0.5) is 0 Å². The number of hydrogen-bond donors (Lipinski definition) is 2. The van der Waals surface area contributed by atoms with Crippen LogP contribution in [0.2, 0.25) is 0 Å². The minimum absolute atomic E-state index is 0.243. The lowest BCUT2D eigenvalue weighted by Gasteiger charge is -2.34. The summed E-state index contributed by atoms with van der Waals surface area (Å²) < 4.78 is 5.97. The summed E-state index contributed by atoms with van der Waals surface area (Å²) in [5.41, 5.74) is -0.849. The van der Waals surface area contributed by atoms with Gasteiger partial charge in [0.25, 0.3) is 0 Å². The van der Waals surface area contributed by atoms with E-state index in [0.717, 1.165) is 31.6 Å². The normalized spacial score (nSPS) is 30.8. The zero-order valence-corrected chi connectivity index (χ0v) is 12.2. The minimum atomic E-state index is -0.849. The molecule has 2 aliphatic carbocycles. The van der Waals surface area contributed by atoms with E-state index in [1.54, 1.807) is 0 Å². The van der Waals surface area contributed by atoms with Gasteiger partial charge in [-0.25, -0.2) is 0 Å². The highest BCUT2D eigenvalue weighted by molar-refractivity contribution is 5.80. The molecule has 0 amide bonds. The Morgan fingerprint density at radius 2 is 1.89 bits per heavy atom. The fourth-order valence-corrected chi connectivity index (χ4v) is 3.16. The van der Waals surface area contributed by atoms with Crippen molar-refractivity contribution in [1.29, 1.82) is 0 Å². The minimum Gasteiger partial charge on any atom is -0.480 e. The van der Waals surface area contributed by atoms with Gasteiger partial charge in [-0.05, 0) is 56.9 Å². The second-order valence-electron chi connectivity index (χ2n) is 6.27. The Bertz CT molecular complexity index is 309. The molecule has 4 nitrogen and oxygen atoms in total. The van der Waals surface area contributed by atoms with Gasteiger partial charge in [-0.2, -0.15) is 0 Å². The molecule has 0 aromatic heterocycles. The summed E-state index contributed by atoms with van der Waals surface area (Å²) in [6.07, 6.45) is 6.83. The molecule has 0 bridgehead atoms. The van der Waals surface area contributed by atoms with Crippen molar-refractivity contribution in [3.05, 3.63) is 0 Å². The van der Waals surface area contributed by atoms with E-state index in [9.17, 15) is 9.90 Å². The molecule has 1 atom stereocenters. The highest BCUT2D eigenvalue weighted by Gasteiger charge is 2.51. The van der Waals surface area contributed by atoms with Gasteiger partial charge in [0.15, 0.2) is 0 Å². The van der Waals surface area contributed by atoms with Crippen LogP contribution in [-0.4, -0.2) is 35.9 Å². The molecule has 2 fully saturated rings. The van der Waals surface area contributed by atoms with Crippen LogP contribution in [0.1, 0.15) is 52.4 Å². The number of aliphatic carboxylic acids is 1. The van der Waals surface area contributed by atoms with E-state index in [1.165, 1.54) is 12.8 Å². The Hall–Kier alpha value is -0.610. The van der Waals surface area contributed by atoms with Gasteiger partial charge in [0.05, 0.1) is 12.7 Å². The van der Waals surface area contributed by atoms with Crippen LogP contribution in [0.5, 0.6) is 0 Å². The molecule has 19 heavy (non-hydrogen) atoms. The smallest absolute Gasteiger partial charge is 0.326 e. The summed E-state index contributed by atoms with van der Waals surface area (Å²) in [5.74, 6) is 0.287. The topological polar surface area (TPSA) is 58.6 Å². The molecule has 4 heteroatoms. The summed E-state index contributed by atoms with van der Waals surface area (Å²) in [7, 11) is 0. The van der Waals surface area contributed by atoms with Crippen molar-refractivity contribution in [2.75, 3.05) is 13.2 Å². The number of carboxylic acids is 1. The van der Waals surface area contributed by atoms with Gasteiger partial charge in [-0.1, -0.05) is 13.8 Å². The van der Waals surface area contributed by atoms with E-state index in [2.05, 4.69) is 12.2 Å². The number of hydrogen-bond acceptors (Lipinski definition) is 3. The molecule has 2 saturated carbocycles. The average Bonchev–Trinajstić information content (AvgIpc) is 3.20. The third-order valence-electron chi connectivity index (χ3n) is 4.66. The van der Waals surface area contributed by atoms with E-state index in [0.29, 0.717) is 13.2 Å². The Morgan fingerprint density at radius 1 is 1.26 bits per heavy atom. The number of carboxylic acid groups (broad SMARTS) is 1. The maximum Gasteiger partial charge on any atom is 0.326 e.